The van der Waals surface area contributed by atoms with Gasteiger partial charge in [-0.05, 0) is 47.1 Å². The molecule has 0 aromatic carbocycles. The second-order valence-corrected chi connectivity index (χ2v) is 6.02. The van der Waals surface area contributed by atoms with E-state index in [0.717, 1.165) is 13.1 Å². The minimum atomic E-state index is -0.00794. The first-order chi connectivity index (χ1) is 7.88. The molecule has 0 spiro atoms. The Morgan fingerprint density at radius 3 is 2.61 bits per heavy atom. The summed E-state index contributed by atoms with van der Waals surface area (Å²) >= 11 is 0. The molecule has 1 unspecified atom stereocenters. The van der Waals surface area contributed by atoms with Crippen LogP contribution in [0.1, 0.15) is 47.0 Å². The second kappa shape index (κ2) is 8.19. The zero-order valence-corrected chi connectivity index (χ0v) is 14.5. The summed E-state index contributed by atoms with van der Waals surface area (Å²) in [6, 6.07) is 0.704. The third-order valence-corrected chi connectivity index (χ3v) is 3.11. The summed E-state index contributed by atoms with van der Waals surface area (Å²) < 4.78 is 0. The highest BCUT2D eigenvalue weighted by atomic mass is 127. The maximum Gasteiger partial charge on any atom is 0.189 e. The maximum absolute atomic E-state index is 5.83. The van der Waals surface area contributed by atoms with Gasteiger partial charge in [0.1, 0.15) is 0 Å². The van der Waals surface area contributed by atoms with E-state index in [4.69, 9.17) is 5.73 Å². The van der Waals surface area contributed by atoms with E-state index in [-0.39, 0.29) is 29.5 Å². The molecule has 1 aliphatic rings. The van der Waals surface area contributed by atoms with Crippen molar-refractivity contribution in [3.63, 3.8) is 0 Å². The summed E-state index contributed by atoms with van der Waals surface area (Å²) in [4.78, 5) is 6.89. The van der Waals surface area contributed by atoms with Gasteiger partial charge in [0, 0.05) is 18.1 Å². The lowest BCUT2D eigenvalue weighted by Gasteiger charge is -2.32. The van der Waals surface area contributed by atoms with Crippen molar-refractivity contribution in [1.82, 2.24) is 10.2 Å². The van der Waals surface area contributed by atoms with Crippen LogP contribution in [-0.2, 0) is 0 Å². The zero-order valence-electron chi connectivity index (χ0n) is 12.2. The molecule has 108 valence electrons. The van der Waals surface area contributed by atoms with E-state index in [1.54, 1.807) is 0 Å². The van der Waals surface area contributed by atoms with Gasteiger partial charge in [-0.15, -0.1) is 24.0 Å². The van der Waals surface area contributed by atoms with Crippen molar-refractivity contribution in [2.75, 3.05) is 19.6 Å². The number of aliphatic imine (C=N–C) groups is 1. The Hall–Kier alpha value is -0.0400. The molecule has 0 aromatic rings. The first-order valence-corrected chi connectivity index (χ1v) is 6.70. The number of piperidine rings is 1. The predicted octanol–water partition coefficient (Wildman–Crippen LogP) is 2.18. The number of nitrogens with two attached hydrogens (primary N) is 1. The van der Waals surface area contributed by atoms with E-state index in [0.29, 0.717) is 12.0 Å². The van der Waals surface area contributed by atoms with Crippen LogP contribution in [-0.4, -0.2) is 42.1 Å². The predicted molar refractivity (Wildman–Crippen MR) is 89.7 cm³/mol. The van der Waals surface area contributed by atoms with Gasteiger partial charge >= 0.3 is 0 Å². The first kappa shape index (κ1) is 18.0. The smallest absolute Gasteiger partial charge is 0.189 e. The molecule has 1 rings (SSSR count). The normalized spacial score (nSPS) is 22.4. The van der Waals surface area contributed by atoms with E-state index in [1.807, 2.05) is 0 Å². The molecule has 1 saturated heterocycles. The van der Waals surface area contributed by atoms with Gasteiger partial charge < -0.3 is 11.1 Å². The SMILES string of the molecule is CC1CCCCN1CCN=C(N)NC(C)(C)C.I. The quantitative estimate of drug-likeness (QED) is 0.456. The summed E-state index contributed by atoms with van der Waals surface area (Å²) in [6.07, 6.45) is 4.01. The number of guanidine groups is 1. The van der Waals surface area contributed by atoms with Crippen LogP contribution in [0.5, 0.6) is 0 Å². The largest absolute Gasteiger partial charge is 0.370 e. The number of halogens is 1. The van der Waals surface area contributed by atoms with Crippen LogP contribution in [0.4, 0.5) is 0 Å². The molecule has 1 fully saturated rings. The third kappa shape index (κ3) is 7.41. The van der Waals surface area contributed by atoms with E-state index in [9.17, 15) is 0 Å². The average molecular weight is 368 g/mol. The van der Waals surface area contributed by atoms with Crippen molar-refractivity contribution >= 4 is 29.9 Å². The topological polar surface area (TPSA) is 53.6 Å². The van der Waals surface area contributed by atoms with Crippen molar-refractivity contribution in [2.45, 2.75) is 58.5 Å². The zero-order chi connectivity index (χ0) is 12.9. The molecule has 0 saturated carbocycles. The van der Waals surface area contributed by atoms with E-state index in [2.05, 4.69) is 42.9 Å². The number of hydrogen-bond acceptors (Lipinski definition) is 2. The summed E-state index contributed by atoms with van der Waals surface area (Å²) in [6.45, 7) is 11.6. The molecule has 0 aliphatic carbocycles. The van der Waals surface area contributed by atoms with Gasteiger partial charge in [0.05, 0.1) is 6.54 Å². The third-order valence-electron chi connectivity index (χ3n) is 3.11. The minimum Gasteiger partial charge on any atom is -0.370 e. The Morgan fingerprint density at radius 1 is 1.39 bits per heavy atom. The average Bonchev–Trinajstić information content (AvgIpc) is 2.18. The van der Waals surface area contributed by atoms with Crippen molar-refractivity contribution in [3.05, 3.63) is 0 Å². The first-order valence-electron chi connectivity index (χ1n) is 6.70. The highest BCUT2D eigenvalue weighted by molar-refractivity contribution is 14.0. The van der Waals surface area contributed by atoms with Gasteiger partial charge in [-0.1, -0.05) is 6.42 Å². The van der Waals surface area contributed by atoms with Gasteiger partial charge in [0.15, 0.2) is 5.96 Å². The number of nitrogens with zero attached hydrogens (tertiary/aromatic N) is 2. The van der Waals surface area contributed by atoms with Crippen molar-refractivity contribution < 1.29 is 0 Å². The number of nitrogens with one attached hydrogen (secondary N) is 1. The molecule has 18 heavy (non-hydrogen) atoms. The van der Waals surface area contributed by atoms with Crippen molar-refractivity contribution in [3.8, 4) is 0 Å². The number of hydrogen-bond donors (Lipinski definition) is 2. The van der Waals surface area contributed by atoms with E-state index < -0.39 is 0 Å². The lowest BCUT2D eigenvalue weighted by atomic mass is 10.0. The molecule has 1 aliphatic heterocycles. The highest BCUT2D eigenvalue weighted by Crippen LogP contribution is 2.15. The fourth-order valence-electron chi connectivity index (χ4n) is 2.21. The standard InChI is InChI=1S/C13H28N4.HI/c1-11-7-5-6-9-17(11)10-8-15-12(14)16-13(2,3)4;/h11H,5-10H2,1-4H3,(H3,14,15,16);1H. The summed E-state index contributed by atoms with van der Waals surface area (Å²) in [5.41, 5.74) is 5.82. The Morgan fingerprint density at radius 2 is 2.06 bits per heavy atom. The molecule has 0 radical (unpaired) electrons. The molecule has 0 aromatic heterocycles. The number of likely N-dealkylation sites (tertiary alicyclic amines) is 1. The van der Waals surface area contributed by atoms with Gasteiger partial charge in [-0.3, -0.25) is 9.89 Å². The van der Waals surface area contributed by atoms with Gasteiger partial charge in [-0.2, -0.15) is 0 Å². The van der Waals surface area contributed by atoms with Crippen LogP contribution in [0.3, 0.4) is 0 Å². The molecule has 0 bridgehead atoms. The molecule has 5 heteroatoms. The van der Waals surface area contributed by atoms with Crippen LogP contribution < -0.4 is 11.1 Å². The fourth-order valence-corrected chi connectivity index (χ4v) is 2.21. The summed E-state index contributed by atoms with van der Waals surface area (Å²) in [5, 5.41) is 3.18. The molecule has 0 amide bonds. The number of rotatable bonds is 3. The Labute approximate surface area is 129 Å². The van der Waals surface area contributed by atoms with Crippen LogP contribution in [0.25, 0.3) is 0 Å². The molecule has 4 nitrogen and oxygen atoms in total. The Bertz CT molecular complexity index is 260. The fraction of sp³-hybridized carbons (Fsp3) is 0.923. The second-order valence-electron chi connectivity index (χ2n) is 6.02. The van der Waals surface area contributed by atoms with Gasteiger partial charge in [0.25, 0.3) is 0 Å². The van der Waals surface area contributed by atoms with Crippen LogP contribution in [0, 0.1) is 0 Å². The van der Waals surface area contributed by atoms with Gasteiger partial charge in [0.2, 0.25) is 0 Å². The lowest BCUT2D eigenvalue weighted by Crippen LogP contribution is -2.45. The van der Waals surface area contributed by atoms with Crippen LogP contribution in [0.15, 0.2) is 4.99 Å². The molecule has 1 heterocycles. The van der Waals surface area contributed by atoms with E-state index in [1.165, 1.54) is 25.8 Å². The summed E-state index contributed by atoms with van der Waals surface area (Å²) in [5.74, 6) is 0.558. The maximum atomic E-state index is 5.83. The van der Waals surface area contributed by atoms with E-state index >= 15 is 0 Å². The molecular formula is C13H29IN4. The molecular weight excluding hydrogens is 339 g/mol. The monoisotopic (exact) mass is 368 g/mol. The van der Waals surface area contributed by atoms with Crippen molar-refractivity contribution in [1.29, 1.82) is 0 Å². The molecule has 3 N–H and O–H groups in total. The minimum absolute atomic E-state index is 0. The van der Waals surface area contributed by atoms with Crippen molar-refractivity contribution in [2.24, 2.45) is 10.7 Å². The molecule has 1 atom stereocenters. The van der Waals surface area contributed by atoms with Crippen LogP contribution in [0.2, 0.25) is 0 Å². The summed E-state index contributed by atoms with van der Waals surface area (Å²) in [7, 11) is 0. The highest BCUT2D eigenvalue weighted by Gasteiger charge is 2.17. The Balaban J connectivity index is 0.00000289. The van der Waals surface area contributed by atoms with Crippen LogP contribution >= 0.6 is 24.0 Å². The lowest BCUT2D eigenvalue weighted by molar-refractivity contribution is 0.166. The Kier molecular flexibility index (Phi) is 8.18. The van der Waals surface area contributed by atoms with Gasteiger partial charge in [-0.25, -0.2) is 0 Å².